The lowest BCUT2D eigenvalue weighted by atomic mass is 10.1. The van der Waals surface area contributed by atoms with Gasteiger partial charge in [0.1, 0.15) is 6.04 Å². The summed E-state index contributed by atoms with van der Waals surface area (Å²) in [5.74, 6) is 0.693. The van der Waals surface area contributed by atoms with Crippen LogP contribution in [0.15, 0.2) is 42.5 Å². The van der Waals surface area contributed by atoms with Crippen molar-refractivity contribution in [3.63, 3.8) is 0 Å². The Morgan fingerprint density at radius 3 is 2.40 bits per heavy atom. The van der Waals surface area contributed by atoms with Gasteiger partial charge in [-0.3, -0.25) is 9.59 Å². The third kappa shape index (κ3) is 6.93. The summed E-state index contributed by atoms with van der Waals surface area (Å²) in [6, 6.07) is 12.7. The number of carbonyl (C=O) groups excluding carboxylic acids is 2. The van der Waals surface area contributed by atoms with Gasteiger partial charge in [-0.2, -0.15) is 0 Å². The summed E-state index contributed by atoms with van der Waals surface area (Å²) >= 11 is 14.2. The van der Waals surface area contributed by atoms with Gasteiger partial charge in [-0.15, -0.1) is 11.8 Å². The molecular weight excluding hydrogens is 439 g/mol. The summed E-state index contributed by atoms with van der Waals surface area (Å²) < 4.78 is 0. The van der Waals surface area contributed by atoms with Crippen molar-refractivity contribution in [2.45, 2.75) is 45.5 Å². The maximum atomic E-state index is 13.1. The average molecular weight is 467 g/mol. The molecule has 0 saturated carbocycles. The Hall–Kier alpha value is -1.69. The van der Waals surface area contributed by atoms with Crippen LogP contribution in [0.4, 0.5) is 0 Å². The second-order valence-electron chi connectivity index (χ2n) is 7.11. The monoisotopic (exact) mass is 466 g/mol. The highest BCUT2D eigenvalue weighted by molar-refractivity contribution is 7.99. The zero-order chi connectivity index (χ0) is 22.1. The second kappa shape index (κ2) is 12.2. The van der Waals surface area contributed by atoms with E-state index in [0.29, 0.717) is 22.2 Å². The van der Waals surface area contributed by atoms with Gasteiger partial charge in [0.25, 0.3) is 0 Å². The van der Waals surface area contributed by atoms with Gasteiger partial charge < -0.3 is 10.2 Å². The van der Waals surface area contributed by atoms with E-state index in [2.05, 4.69) is 24.4 Å². The summed E-state index contributed by atoms with van der Waals surface area (Å²) in [6.07, 6.45) is 0.828. The Bertz CT molecular complexity index is 856. The largest absolute Gasteiger partial charge is 0.354 e. The molecule has 0 radical (unpaired) electrons. The van der Waals surface area contributed by atoms with E-state index in [-0.39, 0.29) is 24.1 Å². The van der Waals surface area contributed by atoms with E-state index in [1.54, 1.807) is 30.0 Å². The molecular formula is C23H28Cl2N2O2S. The van der Waals surface area contributed by atoms with Gasteiger partial charge in [-0.05, 0) is 43.5 Å². The first-order chi connectivity index (χ1) is 14.3. The van der Waals surface area contributed by atoms with Gasteiger partial charge in [-0.25, -0.2) is 0 Å². The number of thioether (sulfide) groups is 1. The molecule has 0 aliphatic rings. The van der Waals surface area contributed by atoms with Crippen molar-refractivity contribution in [1.82, 2.24) is 10.2 Å². The molecule has 0 saturated heterocycles. The summed E-state index contributed by atoms with van der Waals surface area (Å²) in [7, 11) is 0. The minimum absolute atomic E-state index is 0.122. The molecule has 0 fully saturated rings. The Morgan fingerprint density at radius 2 is 1.77 bits per heavy atom. The topological polar surface area (TPSA) is 49.4 Å². The van der Waals surface area contributed by atoms with Crippen molar-refractivity contribution >= 4 is 46.8 Å². The zero-order valence-corrected chi connectivity index (χ0v) is 19.9. The Balaban J connectivity index is 2.14. The van der Waals surface area contributed by atoms with E-state index >= 15 is 0 Å². The average Bonchev–Trinajstić information content (AvgIpc) is 2.72. The lowest BCUT2D eigenvalue weighted by Crippen LogP contribution is -2.48. The number of aryl methyl sites for hydroxylation is 1. The van der Waals surface area contributed by atoms with E-state index in [1.165, 1.54) is 22.9 Å². The molecule has 30 heavy (non-hydrogen) atoms. The number of nitrogens with zero attached hydrogens (tertiary/aromatic N) is 1. The molecule has 0 aliphatic carbocycles. The van der Waals surface area contributed by atoms with Gasteiger partial charge in [0.2, 0.25) is 11.8 Å². The number of rotatable bonds is 10. The van der Waals surface area contributed by atoms with Crippen LogP contribution in [-0.4, -0.2) is 35.1 Å². The van der Waals surface area contributed by atoms with Crippen LogP contribution < -0.4 is 5.32 Å². The summed E-state index contributed by atoms with van der Waals surface area (Å²) in [4.78, 5) is 27.2. The predicted molar refractivity (Wildman–Crippen MR) is 127 cm³/mol. The van der Waals surface area contributed by atoms with Crippen LogP contribution in [0.3, 0.4) is 0 Å². The molecule has 2 aromatic carbocycles. The van der Waals surface area contributed by atoms with Crippen LogP contribution in [0.1, 0.15) is 37.0 Å². The van der Waals surface area contributed by atoms with Gasteiger partial charge >= 0.3 is 0 Å². The Kier molecular flexibility index (Phi) is 10.0. The predicted octanol–water partition coefficient (Wildman–Crippen LogP) is 5.48. The molecule has 0 aromatic heterocycles. The highest BCUT2D eigenvalue weighted by Gasteiger charge is 2.27. The molecule has 2 amide bonds. The molecule has 1 N–H and O–H groups in total. The van der Waals surface area contributed by atoms with Gasteiger partial charge in [0, 0.05) is 34.5 Å². The standard InChI is InChI=1S/C23H28Cl2N2O2S/c1-4-12-26-23(29)17(3)27(13-19-20(24)10-7-11-21(19)25)22(28)15-30-14-18-9-6-5-8-16(18)2/h5-11,17H,4,12-15H2,1-3H3,(H,26,29)/t17-/m1/s1. The normalized spacial score (nSPS) is 11.8. The van der Waals surface area contributed by atoms with E-state index in [4.69, 9.17) is 23.2 Å². The number of benzene rings is 2. The van der Waals surface area contributed by atoms with Crippen LogP contribution in [0.5, 0.6) is 0 Å². The molecule has 0 bridgehead atoms. The smallest absolute Gasteiger partial charge is 0.242 e. The van der Waals surface area contributed by atoms with Crippen molar-refractivity contribution in [1.29, 1.82) is 0 Å². The Morgan fingerprint density at radius 1 is 1.10 bits per heavy atom. The zero-order valence-electron chi connectivity index (χ0n) is 17.6. The lowest BCUT2D eigenvalue weighted by molar-refractivity contribution is -0.138. The molecule has 2 rings (SSSR count). The number of halogens is 2. The van der Waals surface area contributed by atoms with E-state index in [0.717, 1.165) is 12.2 Å². The minimum Gasteiger partial charge on any atom is -0.354 e. The number of carbonyl (C=O) groups is 2. The maximum absolute atomic E-state index is 13.1. The second-order valence-corrected chi connectivity index (χ2v) is 8.91. The van der Waals surface area contributed by atoms with Crippen LogP contribution >= 0.6 is 35.0 Å². The lowest BCUT2D eigenvalue weighted by Gasteiger charge is -2.29. The van der Waals surface area contributed by atoms with Crippen LogP contribution in [0.2, 0.25) is 10.0 Å². The van der Waals surface area contributed by atoms with E-state index in [9.17, 15) is 9.59 Å². The fraction of sp³-hybridized carbons (Fsp3) is 0.391. The van der Waals surface area contributed by atoms with Crippen LogP contribution in [-0.2, 0) is 21.9 Å². The SMILES string of the molecule is CCCNC(=O)[C@@H](C)N(Cc1c(Cl)cccc1Cl)C(=O)CSCc1ccccc1C. The van der Waals surface area contributed by atoms with Crippen molar-refractivity contribution in [3.8, 4) is 0 Å². The third-order valence-electron chi connectivity index (χ3n) is 4.85. The molecule has 7 heteroatoms. The van der Waals surface area contributed by atoms with Gasteiger partial charge in [0.05, 0.1) is 5.75 Å². The maximum Gasteiger partial charge on any atom is 0.242 e. The molecule has 0 aliphatic heterocycles. The molecule has 0 spiro atoms. The van der Waals surface area contributed by atoms with Crippen molar-refractivity contribution in [3.05, 3.63) is 69.2 Å². The van der Waals surface area contributed by atoms with Crippen molar-refractivity contribution in [2.75, 3.05) is 12.3 Å². The quantitative estimate of drug-likeness (QED) is 0.504. The molecule has 162 valence electrons. The highest BCUT2D eigenvalue weighted by atomic mass is 35.5. The van der Waals surface area contributed by atoms with Gasteiger partial charge in [0.15, 0.2) is 0 Å². The molecule has 0 unspecified atom stereocenters. The third-order valence-corrected chi connectivity index (χ3v) is 6.53. The summed E-state index contributed by atoms with van der Waals surface area (Å²) in [5, 5.41) is 3.83. The van der Waals surface area contributed by atoms with Crippen LogP contribution in [0, 0.1) is 6.92 Å². The number of hydrogen-bond acceptors (Lipinski definition) is 3. The van der Waals surface area contributed by atoms with E-state index < -0.39 is 6.04 Å². The first-order valence-electron chi connectivity index (χ1n) is 9.97. The Labute approximate surface area is 193 Å². The first-order valence-corrected chi connectivity index (χ1v) is 11.9. The molecule has 2 aromatic rings. The highest BCUT2D eigenvalue weighted by Crippen LogP contribution is 2.27. The number of nitrogens with one attached hydrogen (secondary N) is 1. The van der Waals surface area contributed by atoms with E-state index in [1.807, 2.05) is 19.1 Å². The van der Waals surface area contributed by atoms with Crippen molar-refractivity contribution in [2.24, 2.45) is 0 Å². The first kappa shape index (κ1) is 24.6. The number of hydrogen-bond donors (Lipinski definition) is 1. The minimum atomic E-state index is -0.629. The summed E-state index contributed by atoms with van der Waals surface area (Å²) in [6.45, 7) is 6.53. The van der Waals surface area contributed by atoms with Crippen LogP contribution in [0.25, 0.3) is 0 Å². The van der Waals surface area contributed by atoms with Crippen molar-refractivity contribution < 1.29 is 9.59 Å². The van der Waals surface area contributed by atoms with Gasteiger partial charge in [-0.1, -0.05) is 60.5 Å². The molecule has 4 nitrogen and oxygen atoms in total. The fourth-order valence-corrected chi connectivity index (χ4v) is 4.44. The molecule has 0 heterocycles. The fourth-order valence-electron chi connectivity index (χ4n) is 2.94. The summed E-state index contributed by atoms with van der Waals surface area (Å²) in [5.41, 5.74) is 3.04. The number of amides is 2. The molecule has 1 atom stereocenters.